The maximum Gasteiger partial charge on any atom is 0.0210 e. The first-order valence-electron chi connectivity index (χ1n) is 5.94. The zero-order chi connectivity index (χ0) is 12.2. The summed E-state index contributed by atoms with van der Waals surface area (Å²) in [6.45, 7) is 13.7. The molecule has 0 saturated heterocycles. The van der Waals surface area contributed by atoms with Crippen LogP contribution in [0.2, 0.25) is 0 Å². The topological polar surface area (TPSA) is 12.0 Å². The van der Waals surface area contributed by atoms with Crippen LogP contribution in [0.3, 0.4) is 0 Å². The molecule has 1 aromatic rings. The second-order valence-corrected chi connectivity index (χ2v) is 5.26. The van der Waals surface area contributed by atoms with Crippen molar-refractivity contribution in [3.63, 3.8) is 0 Å². The van der Waals surface area contributed by atoms with Crippen LogP contribution in [0.4, 0.5) is 0 Å². The average Bonchev–Trinajstić information content (AvgIpc) is 2.25. The smallest absolute Gasteiger partial charge is 0.0210 e. The molecular formula is C15H23N. The van der Waals surface area contributed by atoms with E-state index in [-0.39, 0.29) is 5.54 Å². The van der Waals surface area contributed by atoms with Gasteiger partial charge in [-0.15, -0.1) is 0 Å². The van der Waals surface area contributed by atoms with E-state index in [4.69, 9.17) is 0 Å². The second kappa shape index (κ2) is 5.31. The Morgan fingerprint density at radius 1 is 1.31 bits per heavy atom. The van der Waals surface area contributed by atoms with E-state index in [2.05, 4.69) is 63.9 Å². The summed E-state index contributed by atoms with van der Waals surface area (Å²) in [7, 11) is 0. The summed E-state index contributed by atoms with van der Waals surface area (Å²) in [5, 5.41) is 3.46. The zero-order valence-corrected chi connectivity index (χ0v) is 10.9. The van der Waals surface area contributed by atoms with Gasteiger partial charge >= 0.3 is 0 Å². The maximum atomic E-state index is 4.14. The van der Waals surface area contributed by atoms with E-state index >= 15 is 0 Å². The number of aryl methyl sites for hydroxylation is 1. The van der Waals surface area contributed by atoms with Gasteiger partial charge in [-0.3, -0.25) is 0 Å². The Hall–Kier alpha value is -1.08. The van der Waals surface area contributed by atoms with Crippen LogP contribution < -0.4 is 5.32 Å². The van der Waals surface area contributed by atoms with E-state index in [9.17, 15) is 0 Å². The molecule has 0 saturated carbocycles. The highest BCUT2D eigenvalue weighted by molar-refractivity contribution is 5.65. The lowest BCUT2D eigenvalue weighted by Gasteiger charge is -2.21. The fraction of sp³-hybridized carbons (Fsp3) is 0.467. The van der Waals surface area contributed by atoms with Gasteiger partial charge in [0.25, 0.3) is 0 Å². The summed E-state index contributed by atoms with van der Waals surface area (Å²) in [6, 6.07) is 8.63. The SMILES string of the molecule is C=C(CNC(C)(C)C)c1cccc(CC)c1. The quantitative estimate of drug-likeness (QED) is 0.811. The molecule has 1 N–H and O–H groups in total. The van der Waals surface area contributed by atoms with Crippen LogP contribution >= 0.6 is 0 Å². The monoisotopic (exact) mass is 217 g/mol. The van der Waals surface area contributed by atoms with Crippen molar-refractivity contribution in [3.05, 3.63) is 42.0 Å². The van der Waals surface area contributed by atoms with Gasteiger partial charge in [-0.1, -0.05) is 37.8 Å². The molecule has 0 unspecified atom stereocenters. The van der Waals surface area contributed by atoms with Crippen LogP contribution in [0.5, 0.6) is 0 Å². The van der Waals surface area contributed by atoms with E-state index in [0.717, 1.165) is 18.5 Å². The molecule has 0 aliphatic carbocycles. The molecule has 0 radical (unpaired) electrons. The number of rotatable bonds is 4. The van der Waals surface area contributed by atoms with Gasteiger partial charge in [0.15, 0.2) is 0 Å². The summed E-state index contributed by atoms with van der Waals surface area (Å²) in [5.74, 6) is 0. The Morgan fingerprint density at radius 2 is 2.00 bits per heavy atom. The van der Waals surface area contributed by atoms with Gasteiger partial charge in [0.1, 0.15) is 0 Å². The molecule has 0 bridgehead atoms. The zero-order valence-electron chi connectivity index (χ0n) is 10.9. The molecule has 1 nitrogen and oxygen atoms in total. The maximum absolute atomic E-state index is 4.14. The molecule has 88 valence electrons. The lowest BCUT2D eigenvalue weighted by Crippen LogP contribution is -2.36. The van der Waals surface area contributed by atoms with Gasteiger partial charge in [-0.05, 0) is 43.9 Å². The Balaban J connectivity index is 2.66. The van der Waals surface area contributed by atoms with Crippen molar-refractivity contribution in [2.24, 2.45) is 0 Å². The fourth-order valence-electron chi connectivity index (χ4n) is 1.49. The summed E-state index contributed by atoms with van der Waals surface area (Å²) < 4.78 is 0. The highest BCUT2D eigenvalue weighted by Crippen LogP contribution is 2.15. The molecule has 1 rings (SSSR count). The predicted octanol–water partition coefficient (Wildman–Crippen LogP) is 3.65. The highest BCUT2D eigenvalue weighted by atomic mass is 14.9. The first-order chi connectivity index (χ1) is 7.42. The minimum absolute atomic E-state index is 0.144. The number of nitrogens with one attached hydrogen (secondary N) is 1. The Kier molecular flexibility index (Phi) is 4.31. The van der Waals surface area contributed by atoms with Crippen molar-refractivity contribution in [2.75, 3.05) is 6.54 Å². The van der Waals surface area contributed by atoms with Gasteiger partial charge in [0.2, 0.25) is 0 Å². The van der Waals surface area contributed by atoms with Crippen molar-refractivity contribution in [3.8, 4) is 0 Å². The van der Waals surface area contributed by atoms with Crippen LogP contribution in [-0.4, -0.2) is 12.1 Å². The van der Waals surface area contributed by atoms with E-state index in [1.54, 1.807) is 0 Å². The van der Waals surface area contributed by atoms with Gasteiger partial charge in [0, 0.05) is 12.1 Å². The lowest BCUT2D eigenvalue weighted by molar-refractivity contribution is 0.452. The highest BCUT2D eigenvalue weighted by Gasteiger charge is 2.09. The number of hydrogen-bond acceptors (Lipinski definition) is 1. The lowest BCUT2D eigenvalue weighted by atomic mass is 10.0. The first kappa shape index (κ1) is 13.0. The summed E-state index contributed by atoms with van der Waals surface area (Å²) in [4.78, 5) is 0. The summed E-state index contributed by atoms with van der Waals surface area (Å²) in [5.41, 5.74) is 3.92. The molecule has 0 aliphatic rings. The van der Waals surface area contributed by atoms with Crippen LogP contribution in [0.15, 0.2) is 30.8 Å². The van der Waals surface area contributed by atoms with Gasteiger partial charge < -0.3 is 5.32 Å². The van der Waals surface area contributed by atoms with Crippen molar-refractivity contribution in [1.82, 2.24) is 5.32 Å². The van der Waals surface area contributed by atoms with Gasteiger partial charge in [-0.2, -0.15) is 0 Å². The minimum atomic E-state index is 0.144. The van der Waals surface area contributed by atoms with Crippen LogP contribution in [0, 0.1) is 0 Å². The normalized spacial score (nSPS) is 11.5. The third kappa shape index (κ3) is 4.19. The Labute approximate surface area is 99.6 Å². The van der Waals surface area contributed by atoms with E-state index in [1.165, 1.54) is 11.1 Å². The average molecular weight is 217 g/mol. The first-order valence-corrected chi connectivity index (χ1v) is 5.94. The van der Waals surface area contributed by atoms with Crippen molar-refractivity contribution in [1.29, 1.82) is 0 Å². The van der Waals surface area contributed by atoms with Crippen molar-refractivity contribution in [2.45, 2.75) is 39.7 Å². The van der Waals surface area contributed by atoms with Crippen molar-refractivity contribution < 1.29 is 0 Å². The van der Waals surface area contributed by atoms with E-state index < -0.39 is 0 Å². The molecule has 0 aromatic heterocycles. The molecular weight excluding hydrogens is 194 g/mol. The third-order valence-electron chi connectivity index (χ3n) is 2.58. The van der Waals surface area contributed by atoms with Crippen LogP contribution in [0.25, 0.3) is 5.57 Å². The van der Waals surface area contributed by atoms with Gasteiger partial charge in [-0.25, -0.2) is 0 Å². The standard InChI is InChI=1S/C15H23N/c1-6-13-8-7-9-14(10-13)12(2)11-16-15(3,4)5/h7-10,16H,2,6,11H2,1,3-5H3. The van der Waals surface area contributed by atoms with E-state index in [1.807, 2.05) is 0 Å². The number of hydrogen-bond donors (Lipinski definition) is 1. The number of benzene rings is 1. The van der Waals surface area contributed by atoms with Crippen LogP contribution in [0.1, 0.15) is 38.8 Å². The Bertz CT molecular complexity index is 358. The summed E-state index contributed by atoms with van der Waals surface area (Å²) >= 11 is 0. The minimum Gasteiger partial charge on any atom is -0.308 e. The van der Waals surface area contributed by atoms with Gasteiger partial charge in [0.05, 0.1) is 0 Å². The van der Waals surface area contributed by atoms with Crippen LogP contribution in [-0.2, 0) is 6.42 Å². The Morgan fingerprint density at radius 3 is 2.56 bits per heavy atom. The molecule has 16 heavy (non-hydrogen) atoms. The summed E-state index contributed by atoms with van der Waals surface area (Å²) in [6.07, 6.45) is 1.08. The molecule has 0 fully saturated rings. The third-order valence-corrected chi connectivity index (χ3v) is 2.58. The van der Waals surface area contributed by atoms with E-state index in [0.29, 0.717) is 0 Å². The molecule has 0 spiro atoms. The molecule has 0 heterocycles. The largest absolute Gasteiger partial charge is 0.308 e. The molecule has 0 atom stereocenters. The predicted molar refractivity (Wildman–Crippen MR) is 72.6 cm³/mol. The van der Waals surface area contributed by atoms with Crippen molar-refractivity contribution >= 4 is 5.57 Å². The second-order valence-electron chi connectivity index (χ2n) is 5.26. The molecule has 0 amide bonds. The fourth-order valence-corrected chi connectivity index (χ4v) is 1.49. The molecule has 0 aliphatic heterocycles. The molecule has 1 aromatic carbocycles. The molecule has 1 heteroatoms.